The summed E-state index contributed by atoms with van der Waals surface area (Å²) >= 11 is 1.88. The van der Waals surface area contributed by atoms with E-state index in [0.717, 1.165) is 36.6 Å². The summed E-state index contributed by atoms with van der Waals surface area (Å²) in [5.41, 5.74) is 6.80. The minimum atomic E-state index is 0.581. The van der Waals surface area contributed by atoms with Gasteiger partial charge >= 0.3 is 0 Å². The number of hydrogen-bond acceptors (Lipinski definition) is 5. The first kappa shape index (κ1) is 14.1. The van der Waals surface area contributed by atoms with E-state index in [4.69, 9.17) is 5.73 Å². The summed E-state index contributed by atoms with van der Waals surface area (Å²) in [4.78, 5) is 8.70. The Morgan fingerprint density at radius 1 is 1.41 bits per heavy atom. The van der Waals surface area contributed by atoms with Crippen LogP contribution in [0.3, 0.4) is 0 Å². The van der Waals surface area contributed by atoms with Crippen molar-refractivity contribution in [3.8, 4) is 0 Å². The predicted molar refractivity (Wildman–Crippen MR) is 76.6 cm³/mol. The zero-order chi connectivity index (χ0) is 12.8. The van der Waals surface area contributed by atoms with Crippen molar-refractivity contribution in [3.05, 3.63) is 11.4 Å². The molecule has 1 atom stereocenters. The molecule has 96 valence electrons. The summed E-state index contributed by atoms with van der Waals surface area (Å²) in [6.45, 7) is 7.13. The van der Waals surface area contributed by atoms with Gasteiger partial charge in [0.15, 0.2) is 0 Å². The first-order chi connectivity index (χ1) is 8.08. The van der Waals surface area contributed by atoms with Gasteiger partial charge in [-0.15, -0.1) is 0 Å². The monoisotopic (exact) mass is 254 g/mol. The highest BCUT2D eigenvalue weighted by Gasteiger charge is 2.07. The third-order valence-electron chi connectivity index (χ3n) is 2.79. The Bertz CT molecular complexity index is 368. The molecule has 0 fully saturated rings. The van der Waals surface area contributed by atoms with Crippen LogP contribution in [0.4, 0.5) is 11.6 Å². The Balaban J connectivity index is 2.66. The molecule has 0 bridgehead atoms. The van der Waals surface area contributed by atoms with Crippen molar-refractivity contribution in [1.82, 2.24) is 9.97 Å². The van der Waals surface area contributed by atoms with Crippen molar-refractivity contribution in [2.24, 2.45) is 0 Å². The fourth-order valence-corrected chi connectivity index (χ4v) is 1.78. The van der Waals surface area contributed by atoms with Crippen molar-refractivity contribution in [2.75, 3.05) is 23.9 Å². The third-order valence-corrected chi connectivity index (χ3v) is 3.83. The highest BCUT2D eigenvalue weighted by atomic mass is 32.2. The number of nitrogens with two attached hydrogens (primary N) is 1. The van der Waals surface area contributed by atoms with E-state index in [2.05, 4.69) is 28.5 Å². The molecule has 1 unspecified atom stereocenters. The van der Waals surface area contributed by atoms with E-state index >= 15 is 0 Å². The molecule has 1 rings (SSSR count). The summed E-state index contributed by atoms with van der Waals surface area (Å²) in [6, 6.07) is 0. The van der Waals surface area contributed by atoms with Gasteiger partial charge in [0, 0.05) is 23.8 Å². The van der Waals surface area contributed by atoms with Crippen LogP contribution in [0.15, 0.2) is 0 Å². The Morgan fingerprint density at radius 3 is 2.71 bits per heavy atom. The fourth-order valence-electron chi connectivity index (χ4n) is 1.42. The first-order valence-corrected chi connectivity index (χ1v) is 7.26. The molecule has 0 saturated carbocycles. The highest BCUT2D eigenvalue weighted by molar-refractivity contribution is 7.99. The second kappa shape index (κ2) is 6.69. The summed E-state index contributed by atoms with van der Waals surface area (Å²) in [7, 11) is 0. The molecule has 0 aliphatic rings. The second-order valence-corrected chi connectivity index (χ2v) is 5.39. The molecule has 4 nitrogen and oxygen atoms in total. The molecule has 0 spiro atoms. The predicted octanol–water partition coefficient (Wildman–Crippen LogP) is 2.48. The Labute approximate surface area is 108 Å². The molecule has 0 aliphatic heterocycles. The molecule has 5 heteroatoms. The summed E-state index contributed by atoms with van der Waals surface area (Å²) in [6.07, 6.45) is 4.06. The van der Waals surface area contributed by atoms with Crippen LogP contribution in [-0.2, 0) is 6.42 Å². The van der Waals surface area contributed by atoms with E-state index in [1.165, 1.54) is 0 Å². The number of hydrogen-bond donors (Lipinski definition) is 2. The van der Waals surface area contributed by atoms with Gasteiger partial charge in [-0.2, -0.15) is 11.8 Å². The third kappa shape index (κ3) is 4.07. The average Bonchev–Trinajstić information content (AvgIpc) is 2.33. The lowest BCUT2D eigenvalue weighted by Crippen LogP contribution is -2.12. The van der Waals surface area contributed by atoms with Crippen LogP contribution in [0.25, 0.3) is 0 Å². The van der Waals surface area contributed by atoms with Gasteiger partial charge in [-0.25, -0.2) is 9.97 Å². The van der Waals surface area contributed by atoms with E-state index in [1.54, 1.807) is 0 Å². The van der Waals surface area contributed by atoms with E-state index in [1.807, 2.05) is 25.6 Å². The number of rotatable bonds is 6. The molecule has 0 aliphatic carbocycles. The highest BCUT2D eigenvalue weighted by Crippen LogP contribution is 2.18. The number of nitrogen functional groups attached to an aromatic ring is 1. The minimum absolute atomic E-state index is 0.581. The van der Waals surface area contributed by atoms with E-state index in [9.17, 15) is 0 Å². The molecule has 1 heterocycles. The second-order valence-electron chi connectivity index (χ2n) is 4.11. The number of thioether (sulfide) groups is 1. The van der Waals surface area contributed by atoms with Gasteiger partial charge in [-0.05, 0) is 19.6 Å². The van der Waals surface area contributed by atoms with Gasteiger partial charge in [-0.3, -0.25) is 0 Å². The fraction of sp³-hybridized carbons (Fsp3) is 0.667. The average molecular weight is 254 g/mol. The first-order valence-electron chi connectivity index (χ1n) is 5.98. The molecule has 0 amide bonds. The van der Waals surface area contributed by atoms with Gasteiger partial charge in [0.05, 0.1) is 0 Å². The normalized spacial score (nSPS) is 12.5. The largest absolute Gasteiger partial charge is 0.383 e. The molecule has 17 heavy (non-hydrogen) atoms. The van der Waals surface area contributed by atoms with Crippen LogP contribution >= 0.6 is 11.8 Å². The van der Waals surface area contributed by atoms with E-state index in [0.29, 0.717) is 11.1 Å². The van der Waals surface area contributed by atoms with Crippen LogP contribution < -0.4 is 11.1 Å². The smallest absolute Gasteiger partial charge is 0.134 e. The van der Waals surface area contributed by atoms with E-state index in [-0.39, 0.29) is 0 Å². The van der Waals surface area contributed by atoms with E-state index < -0.39 is 0 Å². The minimum Gasteiger partial charge on any atom is -0.383 e. The zero-order valence-electron chi connectivity index (χ0n) is 11.1. The van der Waals surface area contributed by atoms with Crippen molar-refractivity contribution in [3.63, 3.8) is 0 Å². The van der Waals surface area contributed by atoms with Gasteiger partial charge in [0.2, 0.25) is 0 Å². The topological polar surface area (TPSA) is 63.8 Å². The lowest BCUT2D eigenvalue weighted by Gasteiger charge is -2.13. The summed E-state index contributed by atoms with van der Waals surface area (Å²) in [5, 5.41) is 4.01. The molecular weight excluding hydrogens is 232 g/mol. The number of anilines is 2. The Hall–Kier alpha value is -0.970. The lowest BCUT2D eigenvalue weighted by molar-refractivity contribution is 0.842. The Morgan fingerprint density at radius 2 is 2.12 bits per heavy atom. The molecule has 0 radical (unpaired) electrons. The number of aromatic nitrogens is 2. The number of nitrogens with one attached hydrogen (secondary N) is 1. The van der Waals surface area contributed by atoms with Gasteiger partial charge < -0.3 is 11.1 Å². The Kier molecular flexibility index (Phi) is 5.55. The van der Waals surface area contributed by atoms with Crippen molar-refractivity contribution in [1.29, 1.82) is 0 Å². The quantitative estimate of drug-likeness (QED) is 0.816. The number of nitrogens with zero attached hydrogens (tertiary/aromatic N) is 2. The van der Waals surface area contributed by atoms with Crippen molar-refractivity contribution in [2.45, 2.75) is 38.9 Å². The van der Waals surface area contributed by atoms with Crippen LogP contribution in [0.1, 0.15) is 31.7 Å². The SMILES string of the molecule is CCc1nc(N)c(C)c(NCCC(C)SC)n1. The maximum Gasteiger partial charge on any atom is 0.134 e. The molecule has 1 aromatic rings. The van der Waals surface area contributed by atoms with Gasteiger partial charge in [0.25, 0.3) is 0 Å². The van der Waals surface area contributed by atoms with Gasteiger partial charge in [0.1, 0.15) is 17.5 Å². The van der Waals surface area contributed by atoms with Crippen LogP contribution in [-0.4, -0.2) is 28.0 Å². The number of aryl methyl sites for hydroxylation is 1. The molecule has 0 saturated heterocycles. The molecule has 3 N–H and O–H groups in total. The van der Waals surface area contributed by atoms with Crippen molar-refractivity contribution < 1.29 is 0 Å². The maximum absolute atomic E-state index is 5.86. The zero-order valence-corrected chi connectivity index (χ0v) is 11.9. The lowest BCUT2D eigenvalue weighted by atomic mass is 10.2. The van der Waals surface area contributed by atoms with Gasteiger partial charge in [-0.1, -0.05) is 13.8 Å². The molecule has 0 aromatic carbocycles. The maximum atomic E-state index is 5.86. The molecule has 1 aromatic heterocycles. The standard InChI is InChI=1S/C12H22N4S/c1-5-10-15-11(13)9(3)12(16-10)14-7-6-8(2)17-4/h8H,5-7H2,1-4H3,(H3,13,14,15,16). The van der Waals surface area contributed by atoms with Crippen molar-refractivity contribution >= 4 is 23.4 Å². The summed E-state index contributed by atoms with van der Waals surface area (Å²) in [5.74, 6) is 2.26. The summed E-state index contributed by atoms with van der Waals surface area (Å²) < 4.78 is 0. The molecular formula is C12H22N4S. The van der Waals surface area contributed by atoms with Crippen LogP contribution in [0.5, 0.6) is 0 Å². The van der Waals surface area contributed by atoms with Crippen LogP contribution in [0.2, 0.25) is 0 Å². The van der Waals surface area contributed by atoms with Crippen LogP contribution in [0, 0.1) is 6.92 Å².